The molecule has 0 aliphatic heterocycles. The van der Waals surface area contributed by atoms with Crippen molar-refractivity contribution in [2.45, 2.75) is 13.8 Å². The van der Waals surface area contributed by atoms with Crippen molar-refractivity contribution in [1.82, 2.24) is 0 Å². The Kier molecular flexibility index (Phi) is 10.3. The average molecular weight is 835 g/mol. The van der Waals surface area contributed by atoms with Crippen molar-refractivity contribution in [2.24, 2.45) is 0 Å². The molecule has 0 fully saturated rings. The standard InChI is InChI=1S/C62H46N2O/c1-43-16-29-52(30-17-43)63(53-31-18-44(2)19-32-53)56-37-24-49(25-38-56)51-28-41-61-60(42-51)59-15-9-14-58(62(59)65-61)50-26-39-57(40-27-50)64(54-33-20-47(21-34-54)45-10-5-3-6-11-45)55-35-22-48(23-36-55)46-12-7-4-8-13-46/h3-42H,1-2H3. The molecule has 0 N–H and O–H groups in total. The molecular formula is C62H46N2O. The van der Waals surface area contributed by atoms with Crippen LogP contribution >= 0.6 is 0 Å². The molecule has 0 unspecified atom stereocenters. The van der Waals surface area contributed by atoms with E-state index in [1.54, 1.807) is 0 Å². The zero-order valence-corrected chi connectivity index (χ0v) is 36.4. The fraction of sp³-hybridized carbons (Fsp3) is 0.0323. The fourth-order valence-electron chi connectivity index (χ4n) is 8.95. The van der Waals surface area contributed by atoms with Crippen LogP contribution in [0.1, 0.15) is 11.1 Å². The summed E-state index contributed by atoms with van der Waals surface area (Å²) in [7, 11) is 0. The van der Waals surface area contributed by atoms with Gasteiger partial charge in [-0.25, -0.2) is 0 Å². The van der Waals surface area contributed by atoms with Crippen LogP contribution in [0.3, 0.4) is 0 Å². The van der Waals surface area contributed by atoms with E-state index in [9.17, 15) is 0 Å². The predicted octanol–water partition coefficient (Wildman–Crippen LogP) is 17.8. The Balaban J connectivity index is 0.910. The summed E-state index contributed by atoms with van der Waals surface area (Å²) in [5.41, 5.74) is 20.1. The van der Waals surface area contributed by atoms with Crippen LogP contribution in [-0.4, -0.2) is 0 Å². The molecule has 0 saturated carbocycles. The number of para-hydroxylation sites is 1. The molecule has 11 aromatic rings. The minimum atomic E-state index is 0.874. The summed E-state index contributed by atoms with van der Waals surface area (Å²) in [4.78, 5) is 4.64. The third-order valence-corrected chi connectivity index (χ3v) is 12.4. The molecule has 310 valence electrons. The highest BCUT2D eigenvalue weighted by Gasteiger charge is 2.18. The third-order valence-electron chi connectivity index (χ3n) is 12.4. The second-order valence-corrected chi connectivity index (χ2v) is 16.8. The van der Waals surface area contributed by atoms with Crippen LogP contribution in [0.2, 0.25) is 0 Å². The van der Waals surface area contributed by atoms with Crippen molar-refractivity contribution in [3.63, 3.8) is 0 Å². The van der Waals surface area contributed by atoms with Crippen LogP contribution in [0.4, 0.5) is 34.1 Å². The summed E-state index contributed by atoms with van der Waals surface area (Å²) >= 11 is 0. The number of hydrogen-bond acceptors (Lipinski definition) is 3. The van der Waals surface area contributed by atoms with E-state index < -0.39 is 0 Å². The SMILES string of the molecule is Cc1ccc(N(c2ccc(C)cc2)c2ccc(-c3ccc4oc5c(-c6ccc(N(c7ccc(-c8ccccc8)cc7)c7ccc(-c8ccccc8)cc7)cc6)cccc5c4c3)cc2)cc1. The van der Waals surface area contributed by atoms with E-state index in [0.29, 0.717) is 0 Å². The first-order valence-corrected chi connectivity index (χ1v) is 22.2. The number of benzene rings is 10. The number of rotatable bonds is 10. The van der Waals surface area contributed by atoms with Gasteiger partial charge in [0, 0.05) is 50.5 Å². The van der Waals surface area contributed by atoms with Crippen LogP contribution in [0, 0.1) is 13.8 Å². The molecular weight excluding hydrogens is 789 g/mol. The van der Waals surface area contributed by atoms with E-state index in [2.05, 4.69) is 266 Å². The van der Waals surface area contributed by atoms with Gasteiger partial charge in [0.15, 0.2) is 0 Å². The Morgan fingerprint density at radius 1 is 0.277 bits per heavy atom. The van der Waals surface area contributed by atoms with E-state index in [-0.39, 0.29) is 0 Å². The van der Waals surface area contributed by atoms with E-state index >= 15 is 0 Å². The van der Waals surface area contributed by atoms with E-state index in [0.717, 1.165) is 78.3 Å². The Hall–Kier alpha value is -8.40. The molecule has 0 spiro atoms. The summed E-state index contributed by atoms with van der Waals surface area (Å²) in [6.07, 6.45) is 0. The number of aryl methyl sites for hydroxylation is 2. The number of fused-ring (bicyclic) bond motifs is 3. The first-order chi connectivity index (χ1) is 32.0. The summed E-state index contributed by atoms with van der Waals surface area (Å²) in [6.45, 7) is 4.25. The van der Waals surface area contributed by atoms with Crippen LogP contribution in [-0.2, 0) is 0 Å². The van der Waals surface area contributed by atoms with Gasteiger partial charge in [0.25, 0.3) is 0 Å². The molecule has 10 aromatic carbocycles. The maximum absolute atomic E-state index is 6.69. The topological polar surface area (TPSA) is 19.6 Å². The summed E-state index contributed by atoms with van der Waals surface area (Å²) in [5, 5.41) is 2.20. The monoisotopic (exact) mass is 834 g/mol. The van der Waals surface area contributed by atoms with Crippen LogP contribution in [0.15, 0.2) is 247 Å². The Labute approximate surface area is 380 Å². The van der Waals surface area contributed by atoms with Crippen LogP contribution in [0.25, 0.3) is 66.4 Å². The molecule has 11 rings (SSSR count). The molecule has 1 aromatic heterocycles. The zero-order chi connectivity index (χ0) is 43.7. The van der Waals surface area contributed by atoms with E-state index in [4.69, 9.17) is 4.42 Å². The molecule has 3 heteroatoms. The van der Waals surface area contributed by atoms with E-state index in [1.165, 1.54) is 33.4 Å². The second-order valence-electron chi connectivity index (χ2n) is 16.8. The Bertz CT molecular complexity index is 3250. The number of furan rings is 1. The molecule has 0 atom stereocenters. The first-order valence-electron chi connectivity index (χ1n) is 22.2. The highest BCUT2D eigenvalue weighted by Crippen LogP contribution is 2.42. The lowest BCUT2D eigenvalue weighted by molar-refractivity contribution is 0.670. The zero-order valence-electron chi connectivity index (χ0n) is 36.4. The van der Waals surface area contributed by atoms with Crippen molar-refractivity contribution in [1.29, 1.82) is 0 Å². The molecule has 0 aliphatic carbocycles. The molecule has 65 heavy (non-hydrogen) atoms. The van der Waals surface area contributed by atoms with E-state index in [1.807, 2.05) is 0 Å². The Morgan fingerprint density at radius 2 is 0.631 bits per heavy atom. The predicted molar refractivity (Wildman–Crippen MR) is 274 cm³/mol. The highest BCUT2D eigenvalue weighted by molar-refractivity contribution is 6.10. The second kappa shape index (κ2) is 17.0. The lowest BCUT2D eigenvalue weighted by atomic mass is 9.99. The lowest BCUT2D eigenvalue weighted by Crippen LogP contribution is -2.09. The summed E-state index contributed by atoms with van der Waals surface area (Å²) < 4.78 is 6.69. The van der Waals surface area contributed by atoms with Crippen molar-refractivity contribution < 1.29 is 4.42 Å². The molecule has 0 amide bonds. The maximum Gasteiger partial charge on any atom is 0.143 e. The van der Waals surface area contributed by atoms with Gasteiger partial charge in [-0.05, 0) is 138 Å². The molecule has 0 aliphatic rings. The normalized spacial score (nSPS) is 11.2. The molecule has 3 nitrogen and oxygen atoms in total. The minimum Gasteiger partial charge on any atom is -0.455 e. The van der Waals surface area contributed by atoms with Gasteiger partial charge in [0.2, 0.25) is 0 Å². The van der Waals surface area contributed by atoms with Crippen molar-refractivity contribution in [2.75, 3.05) is 9.80 Å². The molecule has 0 radical (unpaired) electrons. The van der Waals surface area contributed by atoms with Gasteiger partial charge in [0.1, 0.15) is 11.2 Å². The fourth-order valence-corrected chi connectivity index (χ4v) is 8.95. The van der Waals surface area contributed by atoms with Crippen LogP contribution < -0.4 is 9.80 Å². The summed E-state index contributed by atoms with van der Waals surface area (Å²) in [6, 6.07) is 87.0. The van der Waals surface area contributed by atoms with Gasteiger partial charge >= 0.3 is 0 Å². The van der Waals surface area contributed by atoms with Gasteiger partial charge in [-0.15, -0.1) is 0 Å². The molecule has 1 heterocycles. The Morgan fingerprint density at radius 3 is 1.06 bits per heavy atom. The smallest absolute Gasteiger partial charge is 0.143 e. The largest absolute Gasteiger partial charge is 0.455 e. The minimum absolute atomic E-state index is 0.874. The van der Waals surface area contributed by atoms with Gasteiger partial charge in [0.05, 0.1) is 0 Å². The number of anilines is 6. The third kappa shape index (κ3) is 7.86. The summed E-state index contributed by atoms with van der Waals surface area (Å²) in [5.74, 6) is 0. The first kappa shape index (κ1) is 39.4. The number of nitrogens with zero attached hydrogens (tertiary/aromatic N) is 2. The lowest BCUT2D eigenvalue weighted by Gasteiger charge is -2.26. The number of hydrogen-bond donors (Lipinski definition) is 0. The van der Waals surface area contributed by atoms with Gasteiger partial charge in [-0.2, -0.15) is 0 Å². The van der Waals surface area contributed by atoms with Crippen molar-refractivity contribution in [3.8, 4) is 44.5 Å². The maximum atomic E-state index is 6.69. The highest BCUT2D eigenvalue weighted by atomic mass is 16.3. The van der Waals surface area contributed by atoms with Crippen molar-refractivity contribution >= 4 is 56.1 Å². The quantitative estimate of drug-likeness (QED) is 0.137. The van der Waals surface area contributed by atoms with Gasteiger partial charge < -0.3 is 14.2 Å². The van der Waals surface area contributed by atoms with Gasteiger partial charge in [-0.3, -0.25) is 0 Å². The average Bonchev–Trinajstić information content (AvgIpc) is 3.75. The molecule has 0 bridgehead atoms. The van der Waals surface area contributed by atoms with Crippen molar-refractivity contribution in [3.05, 3.63) is 254 Å². The van der Waals surface area contributed by atoms with Gasteiger partial charge in [-0.1, -0.05) is 169 Å². The molecule has 0 saturated heterocycles. The van der Waals surface area contributed by atoms with Crippen LogP contribution in [0.5, 0.6) is 0 Å².